The van der Waals surface area contributed by atoms with Gasteiger partial charge in [0.1, 0.15) is 10.8 Å². The van der Waals surface area contributed by atoms with E-state index in [1.54, 1.807) is 7.11 Å². The Bertz CT molecular complexity index is 446. The molecule has 5 nitrogen and oxygen atoms in total. The predicted octanol–water partition coefficient (Wildman–Crippen LogP) is 1.95. The van der Waals surface area contributed by atoms with Crippen LogP contribution in [-0.4, -0.2) is 35.4 Å². The first-order chi connectivity index (χ1) is 9.11. The molecule has 0 amide bonds. The minimum absolute atomic E-state index is 0.0856. The van der Waals surface area contributed by atoms with E-state index < -0.39 is 0 Å². The van der Waals surface area contributed by atoms with E-state index in [1.807, 2.05) is 0 Å². The Kier molecular flexibility index (Phi) is 4.90. The summed E-state index contributed by atoms with van der Waals surface area (Å²) in [4.78, 5) is 7.79. The summed E-state index contributed by atoms with van der Waals surface area (Å²) in [6.07, 6.45) is 3.85. The maximum Gasteiger partial charge on any atom is 0.135 e. The number of hydrogen-bond acceptors (Lipinski definition) is 5. The summed E-state index contributed by atoms with van der Waals surface area (Å²) in [5.41, 5.74) is 6.39. The molecule has 19 heavy (non-hydrogen) atoms. The maximum atomic E-state index is 7.61. The number of ether oxygens (including phenoxy) is 1. The highest BCUT2D eigenvalue weighted by atomic mass is 32.1. The van der Waals surface area contributed by atoms with Gasteiger partial charge in [-0.15, -0.1) is 11.3 Å². The fourth-order valence-corrected chi connectivity index (χ4v) is 3.43. The van der Waals surface area contributed by atoms with Crippen LogP contribution in [0.5, 0.6) is 0 Å². The van der Waals surface area contributed by atoms with Gasteiger partial charge in [-0.2, -0.15) is 0 Å². The Labute approximate surface area is 118 Å². The fraction of sp³-hybridized carbons (Fsp3) is 0.692. The van der Waals surface area contributed by atoms with Crippen LogP contribution in [0.25, 0.3) is 0 Å². The predicted molar refractivity (Wildman–Crippen MR) is 77.6 cm³/mol. The fourth-order valence-electron chi connectivity index (χ4n) is 2.48. The Balaban J connectivity index is 2.11. The second kappa shape index (κ2) is 6.45. The second-order valence-corrected chi connectivity index (χ2v) is 6.13. The van der Waals surface area contributed by atoms with Crippen LogP contribution in [0.1, 0.15) is 41.8 Å². The van der Waals surface area contributed by atoms with Gasteiger partial charge in [0.25, 0.3) is 0 Å². The van der Waals surface area contributed by atoms with Crippen LogP contribution in [0.15, 0.2) is 0 Å². The SMILES string of the molecule is COCc1nc(CN2CCCCC2C)sc1C(=N)N. The average molecular weight is 282 g/mol. The zero-order chi connectivity index (χ0) is 13.8. The molecule has 1 saturated heterocycles. The summed E-state index contributed by atoms with van der Waals surface area (Å²) in [5, 5.41) is 8.64. The van der Waals surface area contributed by atoms with E-state index in [-0.39, 0.29) is 5.84 Å². The number of aromatic nitrogens is 1. The molecular weight excluding hydrogens is 260 g/mol. The van der Waals surface area contributed by atoms with E-state index in [2.05, 4.69) is 16.8 Å². The molecule has 0 bridgehead atoms. The van der Waals surface area contributed by atoms with Gasteiger partial charge in [0.05, 0.1) is 23.7 Å². The number of nitrogens with two attached hydrogens (primary N) is 1. The Morgan fingerprint density at radius 2 is 2.37 bits per heavy atom. The van der Waals surface area contributed by atoms with E-state index >= 15 is 0 Å². The van der Waals surface area contributed by atoms with Crippen LogP contribution >= 0.6 is 11.3 Å². The van der Waals surface area contributed by atoms with Crippen LogP contribution in [0, 0.1) is 5.41 Å². The highest BCUT2D eigenvalue weighted by Gasteiger charge is 2.21. The van der Waals surface area contributed by atoms with Gasteiger partial charge >= 0.3 is 0 Å². The van der Waals surface area contributed by atoms with E-state index in [1.165, 1.54) is 30.6 Å². The molecule has 2 rings (SSSR count). The molecule has 3 N–H and O–H groups in total. The van der Waals surface area contributed by atoms with Gasteiger partial charge in [-0.25, -0.2) is 4.98 Å². The number of piperidine rings is 1. The van der Waals surface area contributed by atoms with Crippen molar-refractivity contribution in [1.82, 2.24) is 9.88 Å². The van der Waals surface area contributed by atoms with Gasteiger partial charge in [-0.3, -0.25) is 10.3 Å². The first-order valence-electron chi connectivity index (χ1n) is 6.67. The number of nitrogens with zero attached hydrogens (tertiary/aromatic N) is 2. The van der Waals surface area contributed by atoms with Crippen LogP contribution in [0.4, 0.5) is 0 Å². The lowest BCUT2D eigenvalue weighted by Gasteiger charge is -2.32. The topological polar surface area (TPSA) is 75.2 Å². The third kappa shape index (κ3) is 3.52. The molecule has 2 heterocycles. The van der Waals surface area contributed by atoms with Gasteiger partial charge in [0.2, 0.25) is 0 Å². The standard InChI is InChI=1S/C13H22N4OS/c1-9-5-3-4-6-17(9)7-11-16-10(8-18-2)12(19-11)13(14)15/h9H,3-8H2,1-2H3,(H3,14,15). The molecule has 0 radical (unpaired) electrons. The lowest BCUT2D eigenvalue weighted by molar-refractivity contribution is 0.151. The molecule has 0 saturated carbocycles. The van der Waals surface area contributed by atoms with Crippen molar-refractivity contribution in [3.63, 3.8) is 0 Å². The van der Waals surface area contributed by atoms with Crippen LogP contribution < -0.4 is 5.73 Å². The number of amidine groups is 1. The van der Waals surface area contributed by atoms with Crippen molar-refractivity contribution >= 4 is 17.2 Å². The van der Waals surface area contributed by atoms with Gasteiger partial charge in [-0.1, -0.05) is 6.42 Å². The van der Waals surface area contributed by atoms with Crippen LogP contribution in [0.2, 0.25) is 0 Å². The second-order valence-electron chi connectivity index (χ2n) is 5.05. The molecule has 1 aromatic heterocycles. The average Bonchev–Trinajstić information content (AvgIpc) is 2.76. The number of hydrogen-bond donors (Lipinski definition) is 2. The molecule has 1 unspecified atom stereocenters. The monoisotopic (exact) mass is 282 g/mol. The van der Waals surface area contributed by atoms with Crippen molar-refractivity contribution < 1.29 is 4.74 Å². The van der Waals surface area contributed by atoms with Crippen molar-refractivity contribution in [2.24, 2.45) is 5.73 Å². The molecular formula is C13H22N4OS. The van der Waals surface area contributed by atoms with E-state index in [0.717, 1.165) is 28.7 Å². The number of thiazole rings is 1. The first kappa shape index (κ1) is 14.4. The van der Waals surface area contributed by atoms with E-state index in [0.29, 0.717) is 12.6 Å². The lowest BCUT2D eigenvalue weighted by Crippen LogP contribution is -2.36. The highest BCUT2D eigenvalue weighted by Crippen LogP contribution is 2.24. The van der Waals surface area contributed by atoms with Crippen LogP contribution in [-0.2, 0) is 17.9 Å². The molecule has 1 fully saturated rings. The third-order valence-electron chi connectivity index (χ3n) is 3.55. The molecule has 1 aliphatic heterocycles. The lowest BCUT2D eigenvalue weighted by atomic mass is 10.0. The quantitative estimate of drug-likeness (QED) is 0.639. The minimum atomic E-state index is 0.0856. The Hall–Kier alpha value is -0.980. The van der Waals surface area contributed by atoms with E-state index in [4.69, 9.17) is 15.9 Å². The van der Waals surface area contributed by atoms with Crippen molar-refractivity contribution in [3.05, 3.63) is 15.6 Å². The normalized spacial score (nSPS) is 20.6. The highest BCUT2D eigenvalue weighted by molar-refractivity contribution is 7.13. The molecule has 0 aliphatic carbocycles. The molecule has 0 aromatic carbocycles. The zero-order valence-corrected chi connectivity index (χ0v) is 12.4. The Morgan fingerprint density at radius 1 is 1.58 bits per heavy atom. The summed E-state index contributed by atoms with van der Waals surface area (Å²) >= 11 is 1.52. The number of methoxy groups -OCH3 is 1. The van der Waals surface area contributed by atoms with Crippen LogP contribution in [0.3, 0.4) is 0 Å². The van der Waals surface area contributed by atoms with E-state index in [9.17, 15) is 0 Å². The number of rotatable bonds is 5. The van der Waals surface area contributed by atoms with Crippen molar-refractivity contribution in [3.8, 4) is 0 Å². The summed E-state index contributed by atoms with van der Waals surface area (Å²) in [6, 6.07) is 0.615. The summed E-state index contributed by atoms with van der Waals surface area (Å²) < 4.78 is 5.12. The number of nitrogen functional groups attached to an aromatic ring is 1. The van der Waals surface area contributed by atoms with Crippen molar-refractivity contribution in [1.29, 1.82) is 5.41 Å². The van der Waals surface area contributed by atoms with Gasteiger partial charge in [0.15, 0.2) is 0 Å². The maximum absolute atomic E-state index is 7.61. The molecule has 106 valence electrons. The van der Waals surface area contributed by atoms with Crippen molar-refractivity contribution in [2.75, 3.05) is 13.7 Å². The van der Waals surface area contributed by atoms with Gasteiger partial charge in [-0.05, 0) is 26.3 Å². The Morgan fingerprint density at radius 3 is 3.00 bits per heavy atom. The number of nitrogens with one attached hydrogen (secondary N) is 1. The molecule has 1 aliphatic rings. The third-order valence-corrected chi connectivity index (χ3v) is 4.66. The molecule has 6 heteroatoms. The number of likely N-dealkylation sites (tertiary alicyclic amines) is 1. The van der Waals surface area contributed by atoms with Gasteiger partial charge in [0, 0.05) is 13.2 Å². The zero-order valence-electron chi connectivity index (χ0n) is 11.6. The molecule has 1 atom stereocenters. The first-order valence-corrected chi connectivity index (χ1v) is 7.49. The summed E-state index contributed by atoms with van der Waals surface area (Å²) in [6.45, 7) is 4.68. The molecule has 1 aromatic rings. The summed E-state index contributed by atoms with van der Waals surface area (Å²) in [7, 11) is 1.63. The van der Waals surface area contributed by atoms with Crippen molar-refractivity contribution in [2.45, 2.75) is 45.4 Å². The molecule has 0 spiro atoms. The smallest absolute Gasteiger partial charge is 0.135 e. The summed E-state index contributed by atoms with van der Waals surface area (Å²) in [5.74, 6) is 0.0856. The minimum Gasteiger partial charge on any atom is -0.383 e. The van der Waals surface area contributed by atoms with Gasteiger partial charge < -0.3 is 10.5 Å². The largest absolute Gasteiger partial charge is 0.383 e.